The molecule has 1 amide bonds. The molecule has 0 aromatic carbocycles. The minimum absolute atomic E-state index is 0.00542. The van der Waals surface area contributed by atoms with Crippen LogP contribution in [-0.4, -0.2) is 93.7 Å². The van der Waals surface area contributed by atoms with Gasteiger partial charge < -0.3 is 29.4 Å². The van der Waals surface area contributed by atoms with Crippen LogP contribution in [0.2, 0.25) is 0 Å². The Kier molecular flexibility index (Phi) is 34.0. The van der Waals surface area contributed by atoms with Crippen molar-refractivity contribution in [1.29, 1.82) is 0 Å². The van der Waals surface area contributed by atoms with Gasteiger partial charge in [0.25, 0.3) is 0 Å². The number of carbonyl (C=O) groups is 5. The number of carboxylic acids is 1. The number of unbranched alkanes of at least 4 members (excludes halogenated alkanes) is 14. The monoisotopic (exact) mass is 699 g/mol. The fraction of sp³-hybridized carbons (Fsp3) is 0.868. The lowest BCUT2D eigenvalue weighted by molar-refractivity contribution is -0.144. The topological polar surface area (TPSA) is 155 Å². The molecule has 0 rings (SSSR count). The fourth-order valence-electron chi connectivity index (χ4n) is 5.32. The van der Waals surface area contributed by atoms with E-state index in [-0.39, 0.29) is 82.1 Å². The largest absolute Gasteiger partial charge is 0.481 e. The predicted molar refractivity (Wildman–Crippen MR) is 191 cm³/mol. The highest BCUT2D eigenvalue weighted by Gasteiger charge is 2.22. The molecule has 286 valence electrons. The zero-order chi connectivity index (χ0) is 36.2. The van der Waals surface area contributed by atoms with Crippen molar-refractivity contribution in [2.45, 2.75) is 149 Å². The molecule has 49 heavy (non-hydrogen) atoms. The molecule has 0 fully saturated rings. The molecule has 11 nitrogen and oxygen atoms in total. The predicted octanol–water partition coefficient (Wildman–Crippen LogP) is 6.81. The van der Waals surface area contributed by atoms with Crippen LogP contribution in [0.25, 0.3) is 0 Å². The Hall–Kier alpha value is -2.21. The van der Waals surface area contributed by atoms with E-state index < -0.39 is 11.9 Å². The number of ether oxygens (including phenoxy) is 4. The van der Waals surface area contributed by atoms with Crippen molar-refractivity contribution < 1.29 is 48.0 Å². The van der Waals surface area contributed by atoms with Gasteiger partial charge in [-0.3, -0.25) is 24.0 Å². The molecule has 0 unspecified atom stereocenters. The second-order valence-corrected chi connectivity index (χ2v) is 13.0. The van der Waals surface area contributed by atoms with Gasteiger partial charge in [0, 0.05) is 38.8 Å². The number of amides is 1. The Morgan fingerprint density at radius 2 is 1.04 bits per heavy atom. The molecule has 0 radical (unpaired) electrons. The van der Waals surface area contributed by atoms with Gasteiger partial charge >= 0.3 is 5.97 Å². The molecule has 0 aliphatic carbocycles. The summed E-state index contributed by atoms with van der Waals surface area (Å²) in [4.78, 5) is 58.8. The summed E-state index contributed by atoms with van der Waals surface area (Å²) in [6, 6.07) is 0. The molecular formula is C38H69NO10. The summed E-state index contributed by atoms with van der Waals surface area (Å²) in [6.45, 7) is 5.98. The van der Waals surface area contributed by atoms with Crippen molar-refractivity contribution in [1.82, 2.24) is 5.32 Å². The Labute approximate surface area is 296 Å². The van der Waals surface area contributed by atoms with Gasteiger partial charge in [0.15, 0.2) is 11.6 Å². The van der Waals surface area contributed by atoms with E-state index in [9.17, 15) is 29.1 Å². The summed E-state index contributed by atoms with van der Waals surface area (Å²) in [7, 11) is 0. The number of rotatable bonds is 39. The zero-order valence-corrected chi connectivity index (χ0v) is 30.9. The van der Waals surface area contributed by atoms with Crippen LogP contribution in [0.1, 0.15) is 149 Å². The molecule has 0 aliphatic heterocycles. The van der Waals surface area contributed by atoms with Crippen molar-refractivity contribution in [2.75, 3.05) is 59.4 Å². The normalized spacial score (nSPS) is 11.8. The van der Waals surface area contributed by atoms with E-state index in [0.717, 1.165) is 19.3 Å². The van der Waals surface area contributed by atoms with Crippen molar-refractivity contribution in [3.05, 3.63) is 0 Å². The van der Waals surface area contributed by atoms with Gasteiger partial charge in [0.2, 0.25) is 5.91 Å². The van der Waals surface area contributed by atoms with Crippen LogP contribution in [-0.2, 0) is 42.9 Å². The van der Waals surface area contributed by atoms with Crippen LogP contribution in [0.3, 0.4) is 0 Å². The van der Waals surface area contributed by atoms with Crippen molar-refractivity contribution >= 4 is 29.2 Å². The number of carbonyl (C=O) groups excluding carboxylic acids is 4. The average molecular weight is 700 g/mol. The minimum atomic E-state index is -1.04. The Morgan fingerprint density at radius 1 is 0.551 bits per heavy atom. The Bertz CT molecular complexity index is 850. The third-order valence-corrected chi connectivity index (χ3v) is 8.23. The summed E-state index contributed by atoms with van der Waals surface area (Å²) in [5.74, 6) is -2.28. The first kappa shape index (κ1) is 46.8. The molecule has 0 aromatic rings. The summed E-state index contributed by atoms with van der Waals surface area (Å²) in [5.41, 5.74) is 0. The maximum absolute atomic E-state index is 12.4. The molecule has 2 N–H and O–H groups in total. The number of nitrogens with one attached hydrogen (secondary N) is 1. The fourth-order valence-corrected chi connectivity index (χ4v) is 5.32. The molecule has 0 bridgehead atoms. The molecule has 11 heteroatoms. The van der Waals surface area contributed by atoms with Gasteiger partial charge in [-0.25, -0.2) is 0 Å². The second-order valence-electron chi connectivity index (χ2n) is 13.0. The zero-order valence-electron chi connectivity index (χ0n) is 30.9. The van der Waals surface area contributed by atoms with E-state index in [4.69, 9.17) is 18.9 Å². The highest BCUT2D eigenvalue weighted by molar-refractivity contribution is 5.84. The first-order valence-electron chi connectivity index (χ1n) is 19.1. The summed E-state index contributed by atoms with van der Waals surface area (Å²) in [6.07, 6.45) is 20.3. The molecule has 0 saturated carbocycles. The van der Waals surface area contributed by atoms with Gasteiger partial charge in [-0.2, -0.15) is 0 Å². The highest BCUT2D eigenvalue weighted by Crippen LogP contribution is 2.17. The lowest BCUT2D eigenvalue weighted by Gasteiger charge is -2.12. The van der Waals surface area contributed by atoms with Crippen LogP contribution in [0.4, 0.5) is 0 Å². The minimum Gasteiger partial charge on any atom is -0.481 e. The number of ketones is 3. The van der Waals surface area contributed by atoms with Crippen LogP contribution in [0.5, 0.6) is 0 Å². The summed E-state index contributed by atoms with van der Waals surface area (Å²) >= 11 is 0. The number of carboxylic acid groups (broad SMARTS) is 1. The Balaban J connectivity index is 3.67. The quantitative estimate of drug-likeness (QED) is 0.0654. The highest BCUT2D eigenvalue weighted by atomic mass is 16.5. The number of Topliss-reactive ketones (excluding diaryl/α,β-unsaturated/α-hetero) is 3. The van der Waals surface area contributed by atoms with Gasteiger partial charge in [-0.05, 0) is 26.2 Å². The first-order valence-corrected chi connectivity index (χ1v) is 19.1. The van der Waals surface area contributed by atoms with Crippen LogP contribution < -0.4 is 5.32 Å². The van der Waals surface area contributed by atoms with Crippen LogP contribution >= 0.6 is 0 Å². The van der Waals surface area contributed by atoms with E-state index >= 15 is 0 Å². The number of hydrogen-bond donors (Lipinski definition) is 2. The molecule has 0 heterocycles. The number of aliphatic carboxylic acids is 1. The number of hydrogen-bond acceptors (Lipinski definition) is 9. The van der Waals surface area contributed by atoms with Crippen molar-refractivity contribution in [3.63, 3.8) is 0 Å². The van der Waals surface area contributed by atoms with Crippen molar-refractivity contribution in [3.8, 4) is 0 Å². The Morgan fingerprint density at radius 3 is 1.59 bits per heavy atom. The van der Waals surface area contributed by atoms with Gasteiger partial charge in [-0.15, -0.1) is 0 Å². The van der Waals surface area contributed by atoms with Crippen LogP contribution in [0, 0.1) is 5.92 Å². The van der Waals surface area contributed by atoms with E-state index in [1.165, 1.54) is 84.0 Å². The van der Waals surface area contributed by atoms with Crippen LogP contribution in [0.15, 0.2) is 0 Å². The van der Waals surface area contributed by atoms with E-state index in [1.54, 1.807) is 0 Å². The molecule has 0 aromatic heterocycles. The average Bonchev–Trinajstić information content (AvgIpc) is 3.06. The van der Waals surface area contributed by atoms with Gasteiger partial charge in [0.1, 0.15) is 19.0 Å². The lowest BCUT2D eigenvalue weighted by Crippen LogP contribution is -2.29. The van der Waals surface area contributed by atoms with E-state index in [1.807, 2.05) is 0 Å². The SMILES string of the molecule is CCCCCCCCCCCCCCCCCC(=O)C[C@@H](CCC(=O)NCCOCCOCC(=O)CCCOCCOCC(C)=O)C(=O)O. The third kappa shape index (κ3) is 35.4. The first-order chi connectivity index (χ1) is 23.8. The van der Waals surface area contributed by atoms with E-state index in [0.29, 0.717) is 39.1 Å². The third-order valence-electron chi connectivity index (χ3n) is 8.23. The second kappa shape index (κ2) is 35.6. The molecule has 1 atom stereocenters. The lowest BCUT2D eigenvalue weighted by atomic mass is 9.94. The smallest absolute Gasteiger partial charge is 0.306 e. The maximum atomic E-state index is 12.4. The molecule has 0 saturated heterocycles. The van der Waals surface area contributed by atoms with Gasteiger partial charge in [-0.1, -0.05) is 96.8 Å². The molecule has 0 spiro atoms. The van der Waals surface area contributed by atoms with E-state index in [2.05, 4.69) is 12.2 Å². The standard InChI is InChI=1S/C38H69NO10/c1-3-4-5-6-7-8-9-10-11-12-13-14-15-16-17-19-35(41)30-34(38(44)45)21-22-37(43)39-23-25-47-27-29-49-32-36(42)20-18-24-46-26-28-48-31-33(2)40/h34H,3-32H2,1-2H3,(H,39,43)(H,44,45)/t34-/m1/s1. The van der Waals surface area contributed by atoms with Crippen molar-refractivity contribution in [2.24, 2.45) is 5.92 Å². The molecule has 0 aliphatic rings. The maximum Gasteiger partial charge on any atom is 0.306 e. The summed E-state index contributed by atoms with van der Waals surface area (Å²) in [5, 5.41) is 12.2. The summed E-state index contributed by atoms with van der Waals surface area (Å²) < 4.78 is 21.1. The van der Waals surface area contributed by atoms with Gasteiger partial charge in [0.05, 0.1) is 39.0 Å². The molecular weight excluding hydrogens is 630 g/mol.